The Morgan fingerprint density at radius 1 is 1.04 bits per heavy atom. The smallest absolute Gasteiger partial charge is 0.275 e. The van der Waals surface area contributed by atoms with Gasteiger partial charge in [-0.25, -0.2) is 9.97 Å². The van der Waals surface area contributed by atoms with E-state index in [0.29, 0.717) is 23.2 Å². The third kappa shape index (κ3) is 2.91. The van der Waals surface area contributed by atoms with Gasteiger partial charge >= 0.3 is 0 Å². The van der Waals surface area contributed by atoms with Crippen molar-refractivity contribution >= 4 is 38.2 Å². The SMILES string of the molecule is O=c1ccnc2sc(NCCNc3ccc4ccccc4n3)nn12. The van der Waals surface area contributed by atoms with Crippen LogP contribution in [0.25, 0.3) is 15.9 Å². The van der Waals surface area contributed by atoms with Gasteiger partial charge in [0.15, 0.2) is 0 Å². The molecule has 7 nitrogen and oxygen atoms in total. The molecule has 0 fully saturated rings. The zero-order valence-electron chi connectivity index (χ0n) is 12.6. The van der Waals surface area contributed by atoms with Crippen molar-refractivity contribution in [3.05, 3.63) is 59.0 Å². The van der Waals surface area contributed by atoms with E-state index < -0.39 is 0 Å². The van der Waals surface area contributed by atoms with Crippen LogP contribution in [-0.4, -0.2) is 32.7 Å². The zero-order valence-corrected chi connectivity index (χ0v) is 13.5. The minimum absolute atomic E-state index is 0.178. The number of anilines is 2. The van der Waals surface area contributed by atoms with Crippen molar-refractivity contribution in [1.82, 2.24) is 19.6 Å². The van der Waals surface area contributed by atoms with Gasteiger partial charge in [0.1, 0.15) is 5.82 Å². The van der Waals surface area contributed by atoms with E-state index in [1.54, 1.807) is 0 Å². The van der Waals surface area contributed by atoms with Gasteiger partial charge in [-0.05, 0) is 18.2 Å². The molecule has 0 saturated heterocycles. The number of fused-ring (bicyclic) bond motifs is 2. The number of hydrogen-bond acceptors (Lipinski definition) is 7. The highest BCUT2D eigenvalue weighted by Crippen LogP contribution is 2.16. The summed E-state index contributed by atoms with van der Waals surface area (Å²) in [6, 6.07) is 13.4. The Bertz CT molecular complexity index is 1060. The van der Waals surface area contributed by atoms with Gasteiger partial charge in [0, 0.05) is 30.7 Å². The van der Waals surface area contributed by atoms with Crippen molar-refractivity contribution in [2.75, 3.05) is 23.7 Å². The lowest BCUT2D eigenvalue weighted by atomic mass is 10.2. The van der Waals surface area contributed by atoms with Crippen molar-refractivity contribution < 1.29 is 0 Å². The number of hydrogen-bond donors (Lipinski definition) is 2. The first-order chi connectivity index (χ1) is 11.8. The van der Waals surface area contributed by atoms with Gasteiger partial charge in [0.2, 0.25) is 10.1 Å². The highest BCUT2D eigenvalue weighted by Gasteiger charge is 2.05. The molecule has 0 atom stereocenters. The fraction of sp³-hybridized carbons (Fsp3) is 0.125. The molecule has 0 saturated carbocycles. The molecule has 8 heteroatoms. The van der Waals surface area contributed by atoms with Gasteiger partial charge in [-0.2, -0.15) is 4.52 Å². The molecule has 24 heavy (non-hydrogen) atoms. The summed E-state index contributed by atoms with van der Waals surface area (Å²) in [4.78, 5) is 20.9. The maximum absolute atomic E-state index is 11.6. The average Bonchev–Trinajstić information content (AvgIpc) is 3.03. The number of nitrogens with one attached hydrogen (secondary N) is 2. The summed E-state index contributed by atoms with van der Waals surface area (Å²) < 4.78 is 1.30. The van der Waals surface area contributed by atoms with E-state index in [0.717, 1.165) is 16.7 Å². The molecular formula is C16H14N6OS. The van der Waals surface area contributed by atoms with E-state index in [1.807, 2.05) is 36.4 Å². The van der Waals surface area contributed by atoms with Crippen molar-refractivity contribution in [3.8, 4) is 0 Å². The Hall–Kier alpha value is -3.00. The molecule has 0 radical (unpaired) electrons. The number of rotatable bonds is 5. The summed E-state index contributed by atoms with van der Waals surface area (Å²) in [5, 5.41) is 12.4. The van der Waals surface area contributed by atoms with E-state index in [1.165, 1.54) is 28.1 Å². The van der Waals surface area contributed by atoms with E-state index in [9.17, 15) is 4.79 Å². The van der Waals surface area contributed by atoms with E-state index in [2.05, 4.69) is 25.7 Å². The molecule has 3 aromatic heterocycles. The zero-order chi connectivity index (χ0) is 16.4. The lowest BCUT2D eigenvalue weighted by Crippen LogP contribution is -2.15. The largest absolute Gasteiger partial charge is 0.368 e. The molecule has 0 aliphatic carbocycles. The highest BCUT2D eigenvalue weighted by molar-refractivity contribution is 7.20. The number of nitrogens with zero attached hydrogens (tertiary/aromatic N) is 4. The second kappa shape index (κ2) is 6.25. The molecule has 1 aromatic carbocycles. The number of aromatic nitrogens is 4. The topological polar surface area (TPSA) is 84.2 Å². The van der Waals surface area contributed by atoms with Crippen molar-refractivity contribution in [1.29, 1.82) is 0 Å². The van der Waals surface area contributed by atoms with Crippen LogP contribution < -0.4 is 16.2 Å². The van der Waals surface area contributed by atoms with Crippen LogP contribution in [0.15, 0.2) is 53.5 Å². The monoisotopic (exact) mass is 338 g/mol. The van der Waals surface area contributed by atoms with Crippen molar-refractivity contribution in [2.45, 2.75) is 0 Å². The minimum atomic E-state index is -0.178. The second-order valence-electron chi connectivity index (χ2n) is 5.13. The Labute approximate surface area is 141 Å². The summed E-state index contributed by atoms with van der Waals surface area (Å²) in [7, 11) is 0. The van der Waals surface area contributed by atoms with Crippen molar-refractivity contribution in [2.24, 2.45) is 0 Å². The van der Waals surface area contributed by atoms with Crippen LogP contribution in [0.1, 0.15) is 0 Å². The first-order valence-corrected chi connectivity index (χ1v) is 8.30. The third-order valence-electron chi connectivity index (χ3n) is 3.48. The van der Waals surface area contributed by atoms with Crippen LogP contribution in [0.4, 0.5) is 10.9 Å². The lowest BCUT2D eigenvalue weighted by molar-refractivity contribution is 0.895. The quantitative estimate of drug-likeness (QED) is 0.543. The Kier molecular flexibility index (Phi) is 3.80. The fourth-order valence-electron chi connectivity index (χ4n) is 2.34. The molecule has 0 aliphatic heterocycles. The van der Waals surface area contributed by atoms with Crippen LogP contribution in [0.5, 0.6) is 0 Å². The van der Waals surface area contributed by atoms with Crippen LogP contribution in [-0.2, 0) is 0 Å². The van der Waals surface area contributed by atoms with Crippen LogP contribution in [0.3, 0.4) is 0 Å². The van der Waals surface area contributed by atoms with E-state index >= 15 is 0 Å². The van der Waals surface area contributed by atoms with E-state index in [-0.39, 0.29) is 5.56 Å². The molecule has 0 bridgehead atoms. The fourth-order valence-corrected chi connectivity index (χ4v) is 3.14. The summed E-state index contributed by atoms with van der Waals surface area (Å²) in [5.41, 5.74) is 0.787. The normalized spacial score (nSPS) is 11.0. The molecule has 4 rings (SSSR count). The van der Waals surface area contributed by atoms with Crippen LogP contribution in [0, 0.1) is 0 Å². The maximum Gasteiger partial charge on any atom is 0.275 e. The Morgan fingerprint density at radius 3 is 2.83 bits per heavy atom. The average molecular weight is 338 g/mol. The summed E-state index contributed by atoms with van der Waals surface area (Å²) in [6.45, 7) is 1.34. The van der Waals surface area contributed by atoms with Crippen molar-refractivity contribution in [3.63, 3.8) is 0 Å². The molecule has 0 unspecified atom stereocenters. The van der Waals surface area contributed by atoms with Gasteiger partial charge in [-0.3, -0.25) is 4.79 Å². The standard InChI is InChI=1S/C16H14N6OS/c23-14-7-8-19-16-22(14)21-15(24-16)18-10-9-17-13-6-5-11-3-1-2-4-12(11)20-13/h1-8H,9-10H2,(H,17,20)(H,18,21). The molecule has 0 amide bonds. The number of pyridine rings is 1. The van der Waals surface area contributed by atoms with Crippen LogP contribution >= 0.6 is 11.3 Å². The number of para-hydroxylation sites is 1. The van der Waals surface area contributed by atoms with Gasteiger partial charge < -0.3 is 10.6 Å². The molecule has 0 spiro atoms. The summed E-state index contributed by atoms with van der Waals surface area (Å²) in [5.74, 6) is 0.831. The molecule has 0 aliphatic rings. The predicted octanol–water partition coefficient (Wildman–Crippen LogP) is 2.22. The first kappa shape index (κ1) is 14.6. The minimum Gasteiger partial charge on any atom is -0.368 e. The lowest BCUT2D eigenvalue weighted by Gasteiger charge is -2.07. The van der Waals surface area contributed by atoms with Gasteiger partial charge in [0.25, 0.3) is 5.56 Å². The highest BCUT2D eigenvalue weighted by atomic mass is 32.1. The molecule has 2 N–H and O–H groups in total. The van der Waals surface area contributed by atoms with E-state index in [4.69, 9.17) is 0 Å². The second-order valence-corrected chi connectivity index (χ2v) is 6.08. The number of benzene rings is 1. The third-order valence-corrected chi connectivity index (χ3v) is 4.36. The van der Waals surface area contributed by atoms with Gasteiger partial charge in [-0.1, -0.05) is 29.5 Å². The summed E-state index contributed by atoms with van der Waals surface area (Å²) >= 11 is 1.35. The Morgan fingerprint density at radius 2 is 1.92 bits per heavy atom. The van der Waals surface area contributed by atoms with Crippen LogP contribution in [0.2, 0.25) is 0 Å². The predicted molar refractivity (Wildman–Crippen MR) is 95.9 cm³/mol. The Balaban J connectivity index is 1.37. The molecule has 3 heterocycles. The molecule has 4 aromatic rings. The first-order valence-electron chi connectivity index (χ1n) is 7.48. The maximum atomic E-state index is 11.6. The van der Waals surface area contributed by atoms with Gasteiger partial charge in [0.05, 0.1) is 5.52 Å². The summed E-state index contributed by atoms with van der Waals surface area (Å²) in [6.07, 6.45) is 1.49. The molecule has 120 valence electrons. The van der Waals surface area contributed by atoms with Gasteiger partial charge in [-0.15, -0.1) is 5.10 Å². The molecular weight excluding hydrogens is 324 g/mol.